The van der Waals surface area contributed by atoms with E-state index in [1.807, 2.05) is 19.1 Å². The monoisotopic (exact) mass is 277 g/mol. The first-order valence-electron chi connectivity index (χ1n) is 7.79. The van der Waals surface area contributed by atoms with Crippen LogP contribution in [0.3, 0.4) is 0 Å². The van der Waals surface area contributed by atoms with Gasteiger partial charge in [0.25, 0.3) is 0 Å². The maximum atomic E-state index is 6.04. The molecule has 0 unspecified atom stereocenters. The fourth-order valence-electron chi connectivity index (χ4n) is 2.11. The van der Waals surface area contributed by atoms with Crippen molar-refractivity contribution in [3.63, 3.8) is 0 Å². The number of ether oxygens (including phenoxy) is 2. The third-order valence-electron chi connectivity index (χ3n) is 3.39. The van der Waals surface area contributed by atoms with E-state index < -0.39 is 0 Å². The fraction of sp³-hybridized carbons (Fsp3) is 0.647. The average Bonchev–Trinajstić information content (AvgIpc) is 3.22. The van der Waals surface area contributed by atoms with Crippen molar-refractivity contribution in [2.24, 2.45) is 11.8 Å². The molecule has 1 aliphatic rings. The van der Waals surface area contributed by atoms with Crippen LogP contribution < -0.4 is 14.8 Å². The number of rotatable bonds is 9. The highest BCUT2D eigenvalue weighted by Crippen LogP contribution is 2.35. The first kappa shape index (κ1) is 15.2. The van der Waals surface area contributed by atoms with E-state index in [1.165, 1.54) is 18.4 Å². The lowest BCUT2D eigenvalue weighted by molar-refractivity contribution is 0.263. The zero-order valence-electron chi connectivity index (χ0n) is 12.9. The van der Waals surface area contributed by atoms with Crippen molar-refractivity contribution < 1.29 is 9.47 Å². The summed E-state index contributed by atoms with van der Waals surface area (Å²) in [5, 5.41) is 3.48. The summed E-state index contributed by atoms with van der Waals surface area (Å²) in [6, 6.07) is 6.16. The van der Waals surface area contributed by atoms with Crippen LogP contribution in [0.25, 0.3) is 0 Å². The van der Waals surface area contributed by atoms with E-state index in [1.54, 1.807) is 0 Å². The van der Waals surface area contributed by atoms with Gasteiger partial charge in [-0.1, -0.05) is 26.0 Å². The Morgan fingerprint density at radius 1 is 1.25 bits per heavy atom. The summed E-state index contributed by atoms with van der Waals surface area (Å²) in [4.78, 5) is 0. The van der Waals surface area contributed by atoms with Crippen molar-refractivity contribution in [3.05, 3.63) is 23.8 Å². The van der Waals surface area contributed by atoms with Crippen LogP contribution in [0.2, 0.25) is 0 Å². The molecule has 2 rings (SSSR count). The van der Waals surface area contributed by atoms with Crippen LogP contribution in [0.15, 0.2) is 18.2 Å². The van der Waals surface area contributed by atoms with Crippen molar-refractivity contribution >= 4 is 0 Å². The predicted octanol–water partition coefficient (Wildman–Crippen LogP) is 3.62. The Morgan fingerprint density at radius 2 is 2.05 bits per heavy atom. The SMILES string of the molecule is CCOc1cccc(CNCC(C)C)c1OCC1CC1. The second-order valence-corrected chi connectivity index (χ2v) is 5.96. The lowest BCUT2D eigenvalue weighted by Gasteiger charge is -2.16. The summed E-state index contributed by atoms with van der Waals surface area (Å²) in [7, 11) is 0. The summed E-state index contributed by atoms with van der Waals surface area (Å²) >= 11 is 0. The Balaban J connectivity index is 2.03. The van der Waals surface area contributed by atoms with Crippen LogP contribution in [-0.4, -0.2) is 19.8 Å². The molecule has 1 aromatic rings. The number of hydrogen-bond donors (Lipinski definition) is 1. The molecule has 0 spiro atoms. The summed E-state index contributed by atoms with van der Waals surface area (Å²) in [5.41, 5.74) is 1.19. The van der Waals surface area contributed by atoms with E-state index in [4.69, 9.17) is 9.47 Å². The molecule has 1 fully saturated rings. The molecule has 0 atom stereocenters. The summed E-state index contributed by atoms with van der Waals surface area (Å²) in [5.74, 6) is 3.21. The van der Waals surface area contributed by atoms with Gasteiger partial charge in [0.2, 0.25) is 0 Å². The molecule has 0 bridgehead atoms. The first-order chi connectivity index (χ1) is 9.70. The third kappa shape index (κ3) is 4.71. The van der Waals surface area contributed by atoms with Gasteiger partial charge in [-0.15, -0.1) is 0 Å². The quantitative estimate of drug-likeness (QED) is 0.748. The minimum atomic E-state index is 0.654. The molecule has 1 N–H and O–H groups in total. The fourth-order valence-corrected chi connectivity index (χ4v) is 2.11. The molecule has 20 heavy (non-hydrogen) atoms. The first-order valence-corrected chi connectivity index (χ1v) is 7.79. The predicted molar refractivity (Wildman–Crippen MR) is 82.4 cm³/mol. The normalized spacial score (nSPS) is 14.6. The lowest BCUT2D eigenvalue weighted by Crippen LogP contribution is -2.19. The Morgan fingerprint density at radius 3 is 2.70 bits per heavy atom. The zero-order valence-corrected chi connectivity index (χ0v) is 12.9. The summed E-state index contributed by atoms with van der Waals surface area (Å²) in [6.45, 7) is 9.78. The van der Waals surface area contributed by atoms with Crippen molar-refractivity contribution in [2.45, 2.75) is 40.2 Å². The van der Waals surface area contributed by atoms with Gasteiger partial charge >= 0.3 is 0 Å². The van der Waals surface area contributed by atoms with Crippen molar-refractivity contribution in [1.82, 2.24) is 5.32 Å². The van der Waals surface area contributed by atoms with Gasteiger partial charge in [0.15, 0.2) is 11.5 Å². The van der Waals surface area contributed by atoms with Crippen LogP contribution in [0, 0.1) is 11.8 Å². The number of benzene rings is 1. The van der Waals surface area contributed by atoms with Crippen LogP contribution >= 0.6 is 0 Å². The van der Waals surface area contributed by atoms with Gasteiger partial charge in [0.1, 0.15) is 0 Å². The minimum Gasteiger partial charge on any atom is -0.490 e. The molecule has 0 saturated heterocycles. The Hall–Kier alpha value is -1.22. The van der Waals surface area contributed by atoms with Gasteiger partial charge < -0.3 is 14.8 Å². The highest BCUT2D eigenvalue weighted by molar-refractivity contribution is 5.46. The van der Waals surface area contributed by atoms with E-state index in [0.717, 1.165) is 37.1 Å². The maximum Gasteiger partial charge on any atom is 0.165 e. The number of para-hydroxylation sites is 1. The maximum absolute atomic E-state index is 6.04. The zero-order chi connectivity index (χ0) is 14.4. The molecule has 3 nitrogen and oxygen atoms in total. The average molecular weight is 277 g/mol. The van der Waals surface area contributed by atoms with Gasteiger partial charge in [-0.3, -0.25) is 0 Å². The Kier molecular flexibility index (Phi) is 5.72. The molecule has 1 saturated carbocycles. The molecular weight excluding hydrogens is 250 g/mol. The number of nitrogens with one attached hydrogen (secondary N) is 1. The van der Waals surface area contributed by atoms with Crippen LogP contribution in [0.4, 0.5) is 0 Å². The molecule has 0 amide bonds. The molecule has 112 valence electrons. The molecule has 1 aromatic carbocycles. The van der Waals surface area contributed by atoms with Gasteiger partial charge in [-0.25, -0.2) is 0 Å². The molecule has 0 heterocycles. The standard InChI is InChI=1S/C17H27NO2/c1-4-19-16-7-5-6-15(11-18-10-13(2)3)17(16)20-12-14-8-9-14/h5-7,13-14,18H,4,8-12H2,1-3H3. The largest absolute Gasteiger partial charge is 0.490 e. The van der Waals surface area contributed by atoms with Crippen LogP contribution in [0.5, 0.6) is 11.5 Å². The van der Waals surface area contributed by atoms with E-state index in [9.17, 15) is 0 Å². The van der Waals surface area contributed by atoms with E-state index in [2.05, 4.69) is 25.2 Å². The molecule has 3 heteroatoms. The van der Waals surface area contributed by atoms with Crippen LogP contribution in [0.1, 0.15) is 39.2 Å². The molecule has 0 aromatic heterocycles. The van der Waals surface area contributed by atoms with Gasteiger partial charge in [-0.05, 0) is 44.2 Å². The Bertz CT molecular complexity index is 413. The van der Waals surface area contributed by atoms with Crippen molar-refractivity contribution in [1.29, 1.82) is 0 Å². The second kappa shape index (κ2) is 7.53. The van der Waals surface area contributed by atoms with E-state index >= 15 is 0 Å². The van der Waals surface area contributed by atoms with Crippen molar-refractivity contribution in [2.75, 3.05) is 19.8 Å². The summed E-state index contributed by atoms with van der Waals surface area (Å²) < 4.78 is 11.7. The molecule has 0 radical (unpaired) electrons. The van der Waals surface area contributed by atoms with E-state index in [0.29, 0.717) is 12.5 Å². The third-order valence-corrected chi connectivity index (χ3v) is 3.39. The van der Waals surface area contributed by atoms with Crippen molar-refractivity contribution in [3.8, 4) is 11.5 Å². The van der Waals surface area contributed by atoms with Gasteiger partial charge in [0.05, 0.1) is 13.2 Å². The Labute approximate surface area is 122 Å². The number of hydrogen-bond acceptors (Lipinski definition) is 3. The van der Waals surface area contributed by atoms with Gasteiger partial charge in [-0.2, -0.15) is 0 Å². The van der Waals surface area contributed by atoms with Gasteiger partial charge in [0, 0.05) is 12.1 Å². The second-order valence-electron chi connectivity index (χ2n) is 5.96. The smallest absolute Gasteiger partial charge is 0.165 e. The molecule has 1 aliphatic carbocycles. The van der Waals surface area contributed by atoms with Crippen LogP contribution in [-0.2, 0) is 6.54 Å². The molecule has 0 aliphatic heterocycles. The highest BCUT2D eigenvalue weighted by Gasteiger charge is 2.23. The highest BCUT2D eigenvalue weighted by atomic mass is 16.5. The lowest BCUT2D eigenvalue weighted by atomic mass is 10.1. The minimum absolute atomic E-state index is 0.654. The molecular formula is C17H27NO2. The van der Waals surface area contributed by atoms with E-state index in [-0.39, 0.29) is 0 Å². The topological polar surface area (TPSA) is 30.5 Å². The summed E-state index contributed by atoms with van der Waals surface area (Å²) in [6.07, 6.45) is 2.61.